The van der Waals surface area contributed by atoms with Crippen LogP contribution in [-0.4, -0.2) is 33.5 Å². The fraction of sp³-hybridized carbons (Fsp3) is 0.577. The van der Waals surface area contributed by atoms with E-state index in [1.165, 1.54) is 5.57 Å². The summed E-state index contributed by atoms with van der Waals surface area (Å²) in [5.74, 6) is 1.07. The van der Waals surface area contributed by atoms with Crippen LogP contribution in [0, 0.1) is 27.9 Å². The van der Waals surface area contributed by atoms with Crippen LogP contribution in [0.2, 0.25) is 0 Å². The molecule has 0 fully saturated rings. The summed E-state index contributed by atoms with van der Waals surface area (Å²) in [5.41, 5.74) is 2.68. The van der Waals surface area contributed by atoms with Gasteiger partial charge in [0.2, 0.25) is 0 Å². The molecular formula is C26H35NO7. The second-order valence-electron chi connectivity index (χ2n) is 9.40. The number of carbonyl (C=O) groups is 1. The van der Waals surface area contributed by atoms with Crippen molar-refractivity contribution in [3.05, 3.63) is 69.3 Å². The van der Waals surface area contributed by atoms with Gasteiger partial charge >= 0.3 is 5.97 Å². The number of esters is 1. The minimum Gasteiger partial charge on any atom is -0.461 e. The van der Waals surface area contributed by atoms with Gasteiger partial charge in [-0.15, -0.1) is 10.1 Å². The van der Waals surface area contributed by atoms with Crippen molar-refractivity contribution in [1.82, 2.24) is 0 Å². The molecule has 0 radical (unpaired) electrons. The lowest BCUT2D eigenvalue weighted by Gasteiger charge is -2.38. The van der Waals surface area contributed by atoms with Gasteiger partial charge in [0.1, 0.15) is 13.2 Å². The molecule has 0 spiro atoms. The average Bonchev–Trinajstić information content (AvgIpc) is 2.81. The van der Waals surface area contributed by atoms with Gasteiger partial charge < -0.3 is 19.8 Å². The van der Waals surface area contributed by atoms with E-state index in [9.17, 15) is 25.1 Å². The highest BCUT2D eigenvalue weighted by molar-refractivity contribution is 5.69. The Morgan fingerprint density at radius 2 is 1.88 bits per heavy atom. The Morgan fingerprint density at radius 1 is 1.18 bits per heavy atom. The Balaban J connectivity index is 1.32. The highest BCUT2D eigenvalue weighted by Gasteiger charge is 2.33. The van der Waals surface area contributed by atoms with Gasteiger partial charge in [-0.25, -0.2) is 0 Å². The molecule has 5 unspecified atom stereocenters. The van der Waals surface area contributed by atoms with Crippen molar-refractivity contribution in [2.24, 2.45) is 17.8 Å². The molecular weight excluding hydrogens is 438 g/mol. The second-order valence-corrected chi connectivity index (χ2v) is 9.40. The first-order valence-electron chi connectivity index (χ1n) is 12.1. The van der Waals surface area contributed by atoms with Crippen LogP contribution in [0.4, 0.5) is 0 Å². The molecule has 2 N–H and O–H groups in total. The van der Waals surface area contributed by atoms with E-state index >= 15 is 0 Å². The Morgan fingerprint density at radius 3 is 2.59 bits per heavy atom. The van der Waals surface area contributed by atoms with Gasteiger partial charge in [-0.2, -0.15) is 0 Å². The van der Waals surface area contributed by atoms with Crippen molar-refractivity contribution in [3.8, 4) is 0 Å². The molecule has 0 bridgehead atoms. The Hall–Kier alpha value is -2.71. The third-order valence-corrected chi connectivity index (χ3v) is 6.88. The molecule has 5 atom stereocenters. The van der Waals surface area contributed by atoms with Crippen molar-refractivity contribution in [3.63, 3.8) is 0 Å². The number of aliphatic hydroxyl groups is 2. The Kier molecular flexibility index (Phi) is 9.65. The van der Waals surface area contributed by atoms with Crippen molar-refractivity contribution < 1.29 is 29.7 Å². The van der Waals surface area contributed by atoms with Gasteiger partial charge in [0.15, 0.2) is 0 Å². The van der Waals surface area contributed by atoms with Gasteiger partial charge in [0.05, 0.1) is 12.2 Å². The maximum Gasteiger partial charge on any atom is 0.306 e. The third-order valence-electron chi connectivity index (χ3n) is 6.88. The number of aliphatic hydroxyl groups excluding tert-OH is 2. The normalized spacial score (nSPS) is 24.6. The summed E-state index contributed by atoms with van der Waals surface area (Å²) in [6.07, 6.45) is 10.4. The molecule has 2 aliphatic carbocycles. The highest BCUT2D eigenvalue weighted by Crippen LogP contribution is 2.42. The Bertz CT molecular complexity index is 880. The number of hydrogen-bond acceptors (Lipinski definition) is 7. The van der Waals surface area contributed by atoms with Crippen LogP contribution in [0.15, 0.2) is 48.1 Å². The largest absolute Gasteiger partial charge is 0.461 e. The molecule has 1 aromatic carbocycles. The summed E-state index contributed by atoms with van der Waals surface area (Å²) in [5, 5.41) is 29.7. The molecule has 186 valence electrons. The SMILES string of the molecule is CC1C=CC2=CC(O)CCC2C1CCC(O)CCCC(=O)OCc1ccc(CO[N+](=O)[O-])cc1. The Labute approximate surface area is 200 Å². The van der Waals surface area contributed by atoms with E-state index in [2.05, 4.69) is 23.9 Å². The summed E-state index contributed by atoms with van der Waals surface area (Å²) in [6.45, 7) is 2.24. The highest BCUT2D eigenvalue weighted by atomic mass is 16.9. The topological polar surface area (TPSA) is 119 Å². The molecule has 0 aliphatic heterocycles. The van der Waals surface area contributed by atoms with Crippen LogP contribution in [0.3, 0.4) is 0 Å². The summed E-state index contributed by atoms with van der Waals surface area (Å²) >= 11 is 0. The number of rotatable bonds is 12. The molecule has 0 saturated heterocycles. The lowest BCUT2D eigenvalue weighted by Crippen LogP contribution is -2.30. The number of nitrogens with zero attached hydrogens (tertiary/aromatic N) is 1. The molecule has 0 heterocycles. The van der Waals surface area contributed by atoms with Crippen molar-refractivity contribution >= 4 is 5.97 Å². The summed E-state index contributed by atoms with van der Waals surface area (Å²) in [4.78, 5) is 26.6. The van der Waals surface area contributed by atoms with Crippen LogP contribution < -0.4 is 0 Å². The first-order chi connectivity index (χ1) is 16.3. The zero-order valence-electron chi connectivity index (χ0n) is 19.7. The van der Waals surface area contributed by atoms with Crippen molar-refractivity contribution in [2.45, 2.75) is 77.3 Å². The van der Waals surface area contributed by atoms with Gasteiger partial charge in [-0.1, -0.05) is 49.4 Å². The predicted molar refractivity (Wildman–Crippen MR) is 126 cm³/mol. The summed E-state index contributed by atoms with van der Waals surface area (Å²) in [6, 6.07) is 6.87. The lowest BCUT2D eigenvalue weighted by molar-refractivity contribution is -0.763. The van der Waals surface area contributed by atoms with E-state index in [0.29, 0.717) is 42.6 Å². The first kappa shape index (κ1) is 25.9. The number of allylic oxidation sites excluding steroid dienone is 3. The minimum absolute atomic E-state index is 0.118. The van der Waals surface area contributed by atoms with Crippen molar-refractivity contribution in [1.29, 1.82) is 0 Å². The second kappa shape index (κ2) is 12.7. The number of hydrogen-bond donors (Lipinski definition) is 2. The van der Waals surface area contributed by atoms with E-state index in [0.717, 1.165) is 24.8 Å². The van der Waals surface area contributed by atoms with E-state index < -0.39 is 11.2 Å². The molecule has 0 amide bonds. The predicted octanol–water partition coefficient (Wildman–Crippen LogP) is 4.27. The van der Waals surface area contributed by atoms with E-state index in [1.807, 2.05) is 6.08 Å². The van der Waals surface area contributed by atoms with Crippen LogP contribution in [-0.2, 0) is 27.6 Å². The van der Waals surface area contributed by atoms with Gasteiger partial charge in [-0.05, 0) is 73.0 Å². The van der Waals surface area contributed by atoms with E-state index in [-0.39, 0.29) is 31.7 Å². The smallest absolute Gasteiger partial charge is 0.306 e. The molecule has 3 rings (SSSR count). The lowest BCUT2D eigenvalue weighted by atomic mass is 9.67. The number of fused-ring (bicyclic) bond motifs is 1. The minimum atomic E-state index is -0.837. The van der Waals surface area contributed by atoms with Crippen LogP contribution >= 0.6 is 0 Å². The first-order valence-corrected chi connectivity index (χ1v) is 12.1. The fourth-order valence-electron chi connectivity index (χ4n) is 4.93. The van der Waals surface area contributed by atoms with Crippen LogP contribution in [0.1, 0.15) is 63.0 Å². The molecule has 2 aliphatic rings. The average molecular weight is 474 g/mol. The number of carbonyl (C=O) groups excluding carboxylic acids is 1. The molecule has 8 heteroatoms. The van der Waals surface area contributed by atoms with Gasteiger partial charge in [0, 0.05) is 6.42 Å². The monoisotopic (exact) mass is 473 g/mol. The fourth-order valence-corrected chi connectivity index (χ4v) is 4.93. The molecule has 34 heavy (non-hydrogen) atoms. The zero-order chi connectivity index (χ0) is 24.5. The van der Waals surface area contributed by atoms with Gasteiger partial charge in [0.25, 0.3) is 5.09 Å². The maximum absolute atomic E-state index is 12.0. The summed E-state index contributed by atoms with van der Waals surface area (Å²) < 4.78 is 5.29. The maximum atomic E-state index is 12.0. The van der Waals surface area contributed by atoms with E-state index in [4.69, 9.17) is 4.74 Å². The van der Waals surface area contributed by atoms with Crippen LogP contribution in [0.5, 0.6) is 0 Å². The van der Waals surface area contributed by atoms with E-state index in [1.54, 1.807) is 24.3 Å². The third kappa shape index (κ3) is 7.95. The standard InChI is InChI=1S/C26H35NO7/c1-18-5-10-21-15-23(29)12-14-25(21)24(18)13-11-22(28)3-2-4-26(30)33-16-19-6-8-20(9-7-19)17-34-27(31)32/h5-10,15,18,22-25,28-29H,2-4,11-14,16-17H2,1H3. The quantitative estimate of drug-likeness (QED) is 0.264. The van der Waals surface area contributed by atoms with Gasteiger partial charge in [-0.3, -0.25) is 4.79 Å². The van der Waals surface area contributed by atoms with Crippen LogP contribution in [0.25, 0.3) is 0 Å². The zero-order valence-corrected chi connectivity index (χ0v) is 19.7. The summed E-state index contributed by atoms with van der Waals surface area (Å²) in [7, 11) is 0. The molecule has 1 aromatic rings. The molecule has 0 aromatic heterocycles. The molecule has 8 nitrogen and oxygen atoms in total. The van der Waals surface area contributed by atoms with Crippen molar-refractivity contribution in [2.75, 3.05) is 0 Å². The number of ether oxygens (including phenoxy) is 1. The molecule has 0 saturated carbocycles. The number of benzene rings is 1.